The average molecular weight is 453 g/mol. The number of nitrogens with zero attached hydrogens (tertiary/aromatic N) is 4. The number of carboxylic acids is 1. The molecule has 9 heteroatoms. The van der Waals surface area contributed by atoms with Gasteiger partial charge in [0, 0.05) is 25.5 Å². The molecule has 0 saturated carbocycles. The fraction of sp³-hybridized carbons (Fsp3) is 0.375. The van der Waals surface area contributed by atoms with Crippen LogP contribution in [0.3, 0.4) is 0 Å². The number of ether oxygens (including phenoxy) is 1. The minimum atomic E-state index is -0.922. The summed E-state index contributed by atoms with van der Waals surface area (Å²) in [4.78, 5) is 47.2. The van der Waals surface area contributed by atoms with Crippen LogP contribution in [-0.4, -0.2) is 45.2 Å². The monoisotopic (exact) mass is 452 g/mol. The molecule has 3 rings (SSSR count). The van der Waals surface area contributed by atoms with Crippen molar-refractivity contribution in [2.24, 2.45) is 0 Å². The lowest BCUT2D eigenvalue weighted by atomic mass is 10.1. The Morgan fingerprint density at radius 1 is 1.18 bits per heavy atom. The predicted octanol–water partition coefficient (Wildman–Crippen LogP) is 3.19. The standard InChI is InChI=1S/C24H28N4O5/c1-5-27(16(3)29)21-14-13-18-23(26-21)28(15(2)17-9-6-7-11-20(17)33-4)24(32)19(25-18)10-8-12-22(30)31/h6-7,9,11,13-15H,5,8,10,12H2,1-4H3,(H,30,31)/t15-/m0/s1. The molecule has 3 aromatic rings. The lowest BCUT2D eigenvalue weighted by Gasteiger charge is -2.22. The maximum absolute atomic E-state index is 13.5. The van der Waals surface area contributed by atoms with E-state index >= 15 is 0 Å². The third kappa shape index (κ3) is 5.02. The van der Waals surface area contributed by atoms with Gasteiger partial charge in [0.2, 0.25) is 5.91 Å². The molecule has 0 aliphatic carbocycles. The van der Waals surface area contributed by atoms with Crippen LogP contribution >= 0.6 is 0 Å². The number of pyridine rings is 1. The van der Waals surface area contributed by atoms with E-state index in [4.69, 9.17) is 9.84 Å². The number of hydrogen-bond acceptors (Lipinski definition) is 6. The van der Waals surface area contributed by atoms with Crippen LogP contribution in [0.1, 0.15) is 50.9 Å². The largest absolute Gasteiger partial charge is 0.496 e. The fourth-order valence-corrected chi connectivity index (χ4v) is 3.90. The maximum Gasteiger partial charge on any atom is 0.303 e. The van der Waals surface area contributed by atoms with Gasteiger partial charge in [-0.15, -0.1) is 0 Å². The number of benzene rings is 1. The van der Waals surface area contributed by atoms with Gasteiger partial charge in [0.25, 0.3) is 5.56 Å². The van der Waals surface area contributed by atoms with Crippen molar-refractivity contribution in [3.63, 3.8) is 0 Å². The van der Waals surface area contributed by atoms with E-state index in [-0.39, 0.29) is 30.0 Å². The Labute approximate surface area is 191 Å². The van der Waals surface area contributed by atoms with Crippen molar-refractivity contribution in [3.05, 3.63) is 58.0 Å². The summed E-state index contributed by atoms with van der Waals surface area (Å²) in [6.07, 6.45) is 0.476. The number of rotatable bonds is 9. The van der Waals surface area contributed by atoms with Crippen LogP contribution < -0.4 is 15.2 Å². The fourth-order valence-electron chi connectivity index (χ4n) is 3.90. The molecule has 33 heavy (non-hydrogen) atoms. The highest BCUT2D eigenvalue weighted by molar-refractivity contribution is 5.91. The summed E-state index contributed by atoms with van der Waals surface area (Å²) in [7, 11) is 1.57. The number of para-hydroxylation sites is 1. The van der Waals surface area contributed by atoms with E-state index in [1.54, 1.807) is 23.8 Å². The smallest absolute Gasteiger partial charge is 0.303 e. The highest BCUT2D eigenvalue weighted by Gasteiger charge is 2.22. The van der Waals surface area contributed by atoms with Gasteiger partial charge in [0.15, 0.2) is 5.65 Å². The van der Waals surface area contributed by atoms with Crippen LogP contribution in [0, 0.1) is 0 Å². The number of carbonyl (C=O) groups excluding carboxylic acids is 1. The Bertz CT molecular complexity index is 1240. The van der Waals surface area contributed by atoms with Gasteiger partial charge >= 0.3 is 5.97 Å². The third-order valence-corrected chi connectivity index (χ3v) is 5.54. The first-order valence-corrected chi connectivity index (χ1v) is 10.8. The molecule has 1 N–H and O–H groups in total. The van der Waals surface area contributed by atoms with Crippen LogP contribution in [-0.2, 0) is 16.0 Å². The number of methoxy groups -OCH3 is 1. The number of aromatic nitrogens is 3. The molecule has 0 saturated heterocycles. The van der Waals surface area contributed by atoms with Gasteiger partial charge in [-0.1, -0.05) is 18.2 Å². The second-order valence-corrected chi connectivity index (χ2v) is 7.67. The van der Waals surface area contributed by atoms with E-state index < -0.39 is 12.0 Å². The average Bonchev–Trinajstić information content (AvgIpc) is 2.79. The highest BCUT2D eigenvalue weighted by Crippen LogP contribution is 2.29. The maximum atomic E-state index is 13.5. The normalized spacial score (nSPS) is 11.9. The van der Waals surface area contributed by atoms with Gasteiger partial charge < -0.3 is 9.84 Å². The number of carbonyl (C=O) groups is 2. The van der Waals surface area contributed by atoms with Gasteiger partial charge in [-0.2, -0.15) is 0 Å². The molecule has 1 amide bonds. The van der Waals surface area contributed by atoms with Crippen molar-refractivity contribution < 1.29 is 19.4 Å². The van der Waals surface area contributed by atoms with Crippen molar-refractivity contribution in [3.8, 4) is 5.75 Å². The number of anilines is 1. The molecule has 1 aromatic carbocycles. The van der Waals surface area contributed by atoms with E-state index in [2.05, 4.69) is 9.97 Å². The molecule has 2 heterocycles. The number of amides is 1. The Balaban J connectivity index is 2.24. The Morgan fingerprint density at radius 2 is 1.91 bits per heavy atom. The van der Waals surface area contributed by atoms with Crippen LogP contribution in [0.25, 0.3) is 11.2 Å². The zero-order valence-corrected chi connectivity index (χ0v) is 19.2. The number of carboxylic acid groups (broad SMARTS) is 1. The van der Waals surface area contributed by atoms with Crippen LogP contribution in [0.2, 0.25) is 0 Å². The summed E-state index contributed by atoms with van der Waals surface area (Å²) in [5, 5.41) is 8.97. The molecular formula is C24H28N4O5. The quantitative estimate of drug-likeness (QED) is 0.530. The van der Waals surface area contributed by atoms with Gasteiger partial charge in [-0.3, -0.25) is 23.9 Å². The topological polar surface area (TPSA) is 115 Å². The second kappa shape index (κ2) is 10.2. The molecule has 0 spiro atoms. The zero-order chi connectivity index (χ0) is 24.1. The Kier molecular flexibility index (Phi) is 7.42. The SMILES string of the molecule is CCN(C(C)=O)c1ccc2nc(CCCC(=O)O)c(=O)n([C@@H](C)c3ccccc3OC)c2n1. The molecule has 0 aliphatic rings. The number of hydrogen-bond donors (Lipinski definition) is 1. The minimum Gasteiger partial charge on any atom is -0.496 e. The van der Waals surface area contributed by atoms with Crippen molar-refractivity contribution in [2.45, 2.75) is 46.1 Å². The molecule has 0 aliphatic heterocycles. The summed E-state index contributed by atoms with van der Waals surface area (Å²) in [6, 6.07) is 10.4. The summed E-state index contributed by atoms with van der Waals surface area (Å²) >= 11 is 0. The first-order chi connectivity index (χ1) is 15.8. The lowest BCUT2D eigenvalue weighted by molar-refractivity contribution is -0.137. The number of aryl methyl sites for hydroxylation is 1. The Hall–Kier alpha value is -3.75. The van der Waals surface area contributed by atoms with Crippen molar-refractivity contribution in [1.29, 1.82) is 0 Å². The van der Waals surface area contributed by atoms with Gasteiger partial charge in [-0.25, -0.2) is 9.97 Å². The molecule has 9 nitrogen and oxygen atoms in total. The molecule has 174 valence electrons. The van der Waals surface area contributed by atoms with Crippen LogP contribution in [0.5, 0.6) is 5.75 Å². The van der Waals surface area contributed by atoms with Gasteiger partial charge in [0.05, 0.1) is 13.2 Å². The third-order valence-electron chi connectivity index (χ3n) is 5.54. The first kappa shape index (κ1) is 23.9. The van der Waals surface area contributed by atoms with E-state index in [0.29, 0.717) is 35.7 Å². The van der Waals surface area contributed by atoms with E-state index in [1.807, 2.05) is 38.1 Å². The summed E-state index contributed by atoms with van der Waals surface area (Å²) < 4.78 is 7.05. The zero-order valence-electron chi connectivity index (χ0n) is 19.2. The molecular weight excluding hydrogens is 424 g/mol. The number of aliphatic carboxylic acids is 1. The molecule has 0 bridgehead atoms. The molecule has 0 unspecified atom stereocenters. The lowest BCUT2D eigenvalue weighted by Crippen LogP contribution is -2.31. The summed E-state index contributed by atoms with van der Waals surface area (Å²) in [6.45, 7) is 5.61. The summed E-state index contributed by atoms with van der Waals surface area (Å²) in [5.41, 5.74) is 1.56. The van der Waals surface area contributed by atoms with Crippen molar-refractivity contribution in [1.82, 2.24) is 14.5 Å². The first-order valence-electron chi connectivity index (χ1n) is 10.8. The van der Waals surface area contributed by atoms with E-state index in [0.717, 1.165) is 5.56 Å². The summed E-state index contributed by atoms with van der Waals surface area (Å²) in [5.74, 6) is -0.0226. The van der Waals surface area contributed by atoms with Gasteiger partial charge in [0.1, 0.15) is 22.8 Å². The van der Waals surface area contributed by atoms with E-state index in [9.17, 15) is 14.4 Å². The van der Waals surface area contributed by atoms with Crippen molar-refractivity contribution in [2.75, 3.05) is 18.6 Å². The van der Waals surface area contributed by atoms with Crippen LogP contribution in [0.4, 0.5) is 5.82 Å². The highest BCUT2D eigenvalue weighted by atomic mass is 16.5. The van der Waals surface area contributed by atoms with Crippen LogP contribution in [0.15, 0.2) is 41.2 Å². The predicted molar refractivity (Wildman–Crippen MR) is 125 cm³/mol. The molecule has 0 radical (unpaired) electrons. The molecule has 0 fully saturated rings. The minimum absolute atomic E-state index is 0.0531. The second-order valence-electron chi connectivity index (χ2n) is 7.67. The van der Waals surface area contributed by atoms with Crippen molar-refractivity contribution >= 4 is 28.9 Å². The molecule has 1 atom stereocenters. The Morgan fingerprint density at radius 3 is 2.55 bits per heavy atom. The number of fused-ring (bicyclic) bond motifs is 1. The molecule has 2 aromatic heterocycles. The van der Waals surface area contributed by atoms with Gasteiger partial charge in [-0.05, 0) is 44.9 Å². The van der Waals surface area contributed by atoms with E-state index in [1.165, 1.54) is 11.8 Å².